The van der Waals surface area contributed by atoms with Gasteiger partial charge in [-0.05, 0) is 18.6 Å². The van der Waals surface area contributed by atoms with E-state index in [4.69, 9.17) is 4.42 Å². The van der Waals surface area contributed by atoms with Crippen LogP contribution in [0.2, 0.25) is 0 Å². The lowest BCUT2D eigenvalue weighted by Crippen LogP contribution is -2.15. The standard InChI is InChI=1S/C12H14N2O3/c1-2-9(15)5-4-8-14-11-10(17-12(14)16)6-3-7-13-11/h3,6-7H,2,4-5,8H2,1H3. The van der Waals surface area contributed by atoms with Crippen molar-refractivity contribution in [1.29, 1.82) is 0 Å². The fraction of sp³-hybridized carbons (Fsp3) is 0.417. The van der Waals surface area contributed by atoms with Crippen molar-refractivity contribution in [2.45, 2.75) is 32.7 Å². The van der Waals surface area contributed by atoms with Gasteiger partial charge in [-0.15, -0.1) is 0 Å². The zero-order chi connectivity index (χ0) is 12.3. The molecule has 0 aliphatic rings. The summed E-state index contributed by atoms with van der Waals surface area (Å²) in [5, 5.41) is 0. The van der Waals surface area contributed by atoms with Crippen molar-refractivity contribution in [2.75, 3.05) is 0 Å². The van der Waals surface area contributed by atoms with Crippen molar-refractivity contribution >= 4 is 17.0 Å². The number of hydrogen-bond acceptors (Lipinski definition) is 4. The monoisotopic (exact) mass is 234 g/mol. The third-order valence-corrected chi connectivity index (χ3v) is 2.66. The third kappa shape index (κ3) is 2.43. The Balaban J connectivity index is 2.15. The Labute approximate surface area is 98.1 Å². The van der Waals surface area contributed by atoms with E-state index in [9.17, 15) is 9.59 Å². The minimum Gasteiger partial charge on any atom is -0.406 e. The van der Waals surface area contributed by atoms with E-state index >= 15 is 0 Å². The molecule has 0 saturated carbocycles. The number of rotatable bonds is 5. The van der Waals surface area contributed by atoms with Crippen molar-refractivity contribution in [3.8, 4) is 0 Å². The van der Waals surface area contributed by atoms with E-state index in [0.717, 1.165) is 0 Å². The van der Waals surface area contributed by atoms with Gasteiger partial charge in [-0.3, -0.25) is 9.36 Å². The normalized spacial score (nSPS) is 10.9. The average molecular weight is 234 g/mol. The van der Waals surface area contributed by atoms with E-state index in [1.165, 1.54) is 4.57 Å². The number of fused-ring (bicyclic) bond motifs is 1. The molecule has 0 atom stereocenters. The van der Waals surface area contributed by atoms with Crippen LogP contribution in [0.25, 0.3) is 11.2 Å². The molecule has 0 aliphatic heterocycles. The minimum atomic E-state index is -0.414. The molecule has 0 N–H and O–H groups in total. The molecule has 5 nitrogen and oxygen atoms in total. The van der Waals surface area contributed by atoms with Crippen molar-refractivity contribution in [2.24, 2.45) is 0 Å². The Morgan fingerprint density at radius 2 is 2.35 bits per heavy atom. The molecule has 17 heavy (non-hydrogen) atoms. The molecular formula is C12H14N2O3. The van der Waals surface area contributed by atoms with Crippen molar-refractivity contribution < 1.29 is 9.21 Å². The maximum atomic E-state index is 11.6. The number of carbonyl (C=O) groups excluding carboxylic acids is 1. The summed E-state index contributed by atoms with van der Waals surface area (Å²) in [6, 6.07) is 3.42. The average Bonchev–Trinajstić information content (AvgIpc) is 2.66. The molecule has 0 bridgehead atoms. The molecule has 0 spiro atoms. The molecule has 90 valence electrons. The van der Waals surface area contributed by atoms with Gasteiger partial charge >= 0.3 is 5.76 Å². The lowest BCUT2D eigenvalue weighted by atomic mass is 10.2. The van der Waals surface area contributed by atoms with E-state index in [1.54, 1.807) is 18.3 Å². The van der Waals surface area contributed by atoms with E-state index < -0.39 is 5.76 Å². The van der Waals surface area contributed by atoms with E-state index in [1.807, 2.05) is 6.92 Å². The molecule has 0 saturated heterocycles. The predicted octanol–water partition coefficient (Wildman–Crippen LogP) is 1.75. The van der Waals surface area contributed by atoms with Crippen LogP contribution in [0.15, 0.2) is 27.5 Å². The van der Waals surface area contributed by atoms with Gasteiger partial charge in [0.25, 0.3) is 0 Å². The van der Waals surface area contributed by atoms with Gasteiger partial charge < -0.3 is 4.42 Å². The summed E-state index contributed by atoms with van der Waals surface area (Å²) in [4.78, 5) is 26.8. The highest BCUT2D eigenvalue weighted by Crippen LogP contribution is 2.09. The highest BCUT2D eigenvalue weighted by molar-refractivity contribution is 5.77. The molecule has 0 radical (unpaired) electrons. The molecule has 0 fully saturated rings. The Bertz CT molecular complexity index is 583. The molecule has 2 aromatic rings. The summed E-state index contributed by atoms with van der Waals surface area (Å²) in [7, 11) is 0. The third-order valence-electron chi connectivity index (χ3n) is 2.66. The van der Waals surface area contributed by atoms with Gasteiger partial charge in [0.1, 0.15) is 5.78 Å². The first-order valence-corrected chi connectivity index (χ1v) is 5.68. The first kappa shape index (κ1) is 11.6. The van der Waals surface area contributed by atoms with Crippen molar-refractivity contribution in [3.05, 3.63) is 28.9 Å². The first-order valence-electron chi connectivity index (χ1n) is 5.68. The number of carbonyl (C=O) groups is 1. The van der Waals surface area contributed by atoms with Crippen LogP contribution >= 0.6 is 0 Å². The van der Waals surface area contributed by atoms with Gasteiger partial charge in [0, 0.05) is 25.6 Å². The molecule has 0 aliphatic carbocycles. The topological polar surface area (TPSA) is 65.1 Å². The Hall–Kier alpha value is -1.91. The summed E-state index contributed by atoms with van der Waals surface area (Å²) in [6.07, 6.45) is 3.28. The van der Waals surface area contributed by atoms with Crippen LogP contribution < -0.4 is 5.76 Å². The van der Waals surface area contributed by atoms with Crippen molar-refractivity contribution in [1.82, 2.24) is 9.55 Å². The fourth-order valence-corrected chi connectivity index (χ4v) is 1.71. The number of oxazole rings is 1. The van der Waals surface area contributed by atoms with Gasteiger partial charge in [0.15, 0.2) is 11.2 Å². The summed E-state index contributed by atoms with van der Waals surface area (Å²) in [6.45, 7) is 2.30. The number of hydrogen-bond donors (Lipinski definition) is 0. The number of aromatic nitrogens is 2. The maximum Gasteiger partial charge on any atom is 0.421 e. The molecule has 0 amide bonds. The van der Waals surface area contributed by atoms with Gasteiger partial charge in [-0.2, -0.15) is 0 Å². The molecular weight excluding hydrogens is 220 g/mol. The second kappa shape index (κ2) is 4.95. The number of Topliss-reactive ketones (excluding diaryl/α,β-unsaturated/α-hetero) is 1. The van der Waals surface area contributed by atoms with Crippen LogP contribution in [0.3, 0.4) is 0 Å². The maximum absolute atomic E-state index is 11.6. The quantitative estimate of drug-likeness (QED) is 0.790. The number of ketones is 1. The minimum absolute atomic E-state index is 0.207. The van der Waals surface area contributed by atoms with Crippen LogP contribution in [0.4, 0.5) is 0 Å². The highest BCUT2D eigenvalue weighted by atomic mass is 16.4. The second-order valence-corrected chi connectivity index (χ2v) is 3.84. The van der Waals surface area contributed by atoms with E-state index in [-0.39, 0.29) is 5.78 Å². The van der Waals surface area contributed by atoms with Gasteiger partial charge in [0.2, 0.25) is 0 Å². The SMILES string of the molecule is CCC(=O)CCCn1c(=O)oc2cccnc21. The van der Waals surface area contributed by atoms with Gasteiger partial charge in [-0.1, -0.05) is 6.92 Å². The van der Waals surface area contributed by atoms with Crippen LogP contribution in [0.1, 0.15) is 26.2 Å². The molecule has 5 heteroatoms. The molecule has 0 unspecified atom stereocenters. The zero-order valence-corrected chi connectivity index (χ0v) is 9.68. The molecule has 2 rings (SSSR count). The summed E-state index contributed by atoms with van der Waals surface area (Å²) < 4.78 is 6.51. The summed E-state index contributed by atoms with van der Waals surface area (Å²) in [5.41, 5.74) is 1.03. The molecule has 2 heterocycles. The summed E-state index contributed by atoms with van der Waals surface area (Å²) >= 11 is 0. The Morgan fingerprint density at radius 1 is 1.53 bits per heavy atom. The molecule has 2 aromatic heterocycles. The lowest BCUT2D eigenvalue weighted by molar-refractivity contribution is -0.118. The van der Waals surface area contributed by atoms with Crippen LogP contribution in [-0.4, -0.2) is 15.3 Å². The highest BCUT2D eigenvalue weighted by Gasteiger charge is 2.09. The Kier molecular flexibility index (Phi) is 3.37. The van der Waals surface area contributed by atoms with E-state index in [2.05, 4.69) is 4.98 Å². The lowest BCUT2D eigenvalue weighted by Gasteiger charge is -2.00. The van der Waals surface area contributed by atoms with Crippen LogP contribution in [0, 0.1) is 0 Å². The van der Waals surface area contributed by atoms with Crippen LogP contribution in [-0.2, 0) is 11.3 Å². The first-order chi connectivity index (χ1) is 8.22. The Morgan fingerprint density at radius 3 is 3.12 bits per heavy atom. The van der Waals surface area contributed by atoms with Gasteiger partial charge in [-0.25, -0.2) is 9.78 Å². The van der Waals surface area contributed by atoms with Gasteiger partial charge in [0.05, 0.1) is 0 Å². The molecule has 0 aromatic carbocycles. The number of pyridine rings is 1. The zero-order valence-electron chi connectivity index (χ0n) is 9.68. The largest absolute Gasteiger partial charge is 0.421 e. The fourth-order valence-electron chi connectivity index (χ4n) is 1.71. The number of aryl methyl sites for hydroxylation is 1. The summed E-state index contributed by atoms with van der Waals surface area (Å²) in [5.74, 6) is -0.207. The number of nitrogens with zero attached hydrogens (tertiary/aromatic N) is 2. The van der Waals surface area contributed by atoms with E-state index in [0.29, 0.717) is 37.0 Å². The second-order valence-electron chi connectivity index (χ2n) is 3.84. The predicted molar refractivity (Wildman–Crippen MR) is 62.8 cm³/mol. The smallest absolute Gasteiger partial charge is 0.406 e. The van der Waals surface area contributed by atoms with Crippen LogP contribution in [0.5, 0.6) is 0 Å². The van der Waals surface area contributed by atoms with Crippen molar-refractivity contribution in [3.63, 3.8) is 0 Å².